The SMILES string of the molecule is CCNC/C=C/c1ccc(F)c([N+](=O)[O-])c1. The van der Waals surface area contributed by atoms with E-state index in [0.717, 1.165) is 12.6 Å². The van der Waals surface area contributed by atoms with Crippen molar-refractivity contribution in [1.29, 1.82) is 0 Å². The Labute approximate surface area is 92.9 Å². The molecule has 16 heavy (non-hydrogen) atoms. The Morgan fingerprint density at radius 3 is 2.94 bits per heavy atom. The van der Waals surface area contributed by atoms with Gasteiger partial charge in [0.25, 0.3) is 0 Å². The zero-order valence-corrected chi connectivity index (χ0v) is 8.94. The standard InChI is InChI=1S/C11H13FN2O2/c1-2-13-7-3-4-9-5-6-10(12)11(8-9)14(15)16/h3-6,8,13H,2,7H2,1H3/b4-3+. The summed E-state index contributed by atoms with van der Waals surface area (Å²) in [6.07, 6.45) is 3.55. The molecule has 0 atom stereocenters. The number of halogens is 1. The van der Waals surface area contributed by atoms with Crippen molar-refractivity contribution in [2.45, 2.75) is 6.92 Å². The lowest BCUT2D eigenvalue weighted by Crippen LogP contribution is -2.11. The van der Waals surface area contributed by atoms with Crippen LogP contribution < -0.4 is 5.32 Å². The van der Waals surface area contributed by atoms with E-state index in [4.69, 9.17) is 0 Å². The summed E-state index contributed by atoms with van der Waals surface area (Å²) in [5.74, 6) is -0.811. The lowest BCUT2D eigenvalue weighted by Gasteiger charge is -1.97. The highest BCUT2D eigenvalue weighted by atomic mass is 19.1. The van der Waals surface area contributed by atoms with Crippen LogP contribution in [0, 0.1) is 15.9 Å². The molecule has 1 aromatic carbocycles. The third kappa shape index (κ3) is 3.43. The van der Waals surface area contributed by atoms with Gasteiger partial charge in [0, 0.05) is 12.6 Å². The predicted molar refractivity (Wildman–Crippen MR) is 60.6 cm³/mol. The van der Waals surface area contributed by atoms with Crippen molar-refractivity contribution in [3.05, 3.63) is 45.8 Å². The summed E-state index contributed by atoms with van der Waals surface area (Å²) in [6.45, 7) is 3.52. The highest BCUT2D eigenvalue weighted by molar-refractivity contribution is 5.53. The van der Waals surface area contributed by atoms with Crippen LogP contribution in [0.4, 0.5) is 10.1 Å². The van der Waals surface area contributed by atoms with Gasteiger partial charge in [-0.05, 0) is 18.2 Å². The van der Waals surface area contributed by atoms with Crippen LogP contribution in [0.5, 0.6) is 0 Å². The number of benzene rings is 1. The second-order valence-corrected chi connectivity index (χ2v) is 3.18. The fraction of sp³-hybridized carbons (Fsp3) is 0.273. The maximum Gasteiger partial charge on any atom is 0.305 e. The van der Waals surface area contributed by atoms with E-state index in [1.54, 1.807) is 6.08 Å². The number of nitro benzene ring substituents is 1. The quantitative estimate of drug-likeness (QED) is 0.474. The number of hydrogen-bond acceptors (Lipinski definition) is 3. The lowest BCUT2D eigenvalue weighted by molar-refractivity contribution is -0.387. The normalized spacial score (nSPS) is 10.9. The first kappa shape index (κ1) is 12.3. The summed E-state index contributed by atoms with van der Waals surface area (Å²) < 4.78 is 13.0. The van der Waals surface area contributed by atoms with Crippen LogP contribution in [-0.4, -0.2) is 18.0 Å². The van der Waals surface area contributed by atoms with Crippen molar-refractivity contribution in [2.75, 3.05) is 13.1 Å². The van der Waals surface area contributed by atoms with Crippen LogP contribution in [0.1, 0.15) is 12.5 Å². The van der Waals surface area contributed by atoms with Gasteiger partial charge < -0.3 is 5.32 Å². The molecule has 0 aliphatic carbocycles. The first-order chi connectivity index (χ1) is 7.65. The molecule has 0 heterocycles. The number of nitro groups is 1. The third-order valence-electron chi connectivity index (χ3n) is 1.99. The van der Waals surface area contributed by atoms with Crippen molar-refractivity contribution in [1.82, 2.24) is 5.32 Å². The minimum atomic E-state index is -0.811. The molecule has 0 aliphatic rings. The van der Waals surface area contributed by atoms with Gasteiger partial charge in [-0.15, -0.1) is 0 Å². The maximum absolute atomic E-state index is 13.0. The topological polar surface area (TPSA) is 55.2 Å². The monoisotopic (exact) mass is 224 g/mol. The van der Waals surface area contributed by atoms with Gasteiger partial charge in [0.2, 0.25) is 5.82 Å². The number of rotatable bonds is 5. The smallest absolute Gasteiger partial charge is 0.305 e. The van der Waals surface area contributed by atoms with Gasteiger partial charge in [-0.1, -0.05) is 25.1 Å². The van der Waals surface area contributed by atoms with Crippen LogP contribution in [0.2, 0.25) is 0 Å². The molecule has 1 N–H and O–H groups in total. The van der Waals surface area contributed by atoms with Gasteiger partial charge in [0.15, 0.2) is 0 Å². The molecule has 0 bridgehead atoms. The van der Waals surface area contributed by atoms with E-state index in [-0.39, 0.29) is 0 Å². The molecule has 0 amide bonds. The Bertz CT molecular complexity index is 405. The fourth-order valence-electron chi connectivity index (χ4n) is 1.20. The molecule has 1 rings (SSSR count). The van der Waals surface area contributed by atoms with E-state index in [1.807, 2.05) is 13.0 Å². The maximum atomic E-state index is 13.0. The van der Waals surface area contributed by atoms with Crippen LogP contribution in [0.3, 0.4) is 0 Å². The van der Waals surface area contributed by atoms with Gasteiger partial charge in [-0.3, -0.25) is 10.1 Å². The van der Waals surface area contributed by atoms with E-state index in [9.17, 15) is 14.5 Å². The van der Waals surface area contributed by atoms with Crippen LogP contribution in [0.25, 0.3) is 6.08 Å². The van der Waals surface area contributed by atoms with Gasteiger partial charge in [-0.25, -0.2) is 0 Å². The summed E-state index contributed by atoms with van der Waals surface area (Å²) in [7, 11) is 0. The van der Waals surface area contributed by atoms with Gasteiger partial charge in [0.1, 0.15) is 0 Å². The second kappa shape index (κ2) is 5.97. The Balaban J connectivity index is 2.78. The molecule has 5 heteroatoms. The van der Waals surface area contributed by atoms with Crippen molar-refractivity contribution in [2.24, 2.45) is 0 Å². The lowest BCUT2D eigenvalue weighted by atomic mass is 10.2. The average Bonchev–Trinajstić information content (AvgIpc) is 2.26. The van der Waals surface area contributed by atoms with Gasteiger partial charge >= 0.3 is 5.69 Å². The molecule has 0 unspecified atom stereocenters. The summed E-state index contributed by atoms with van der Waals surface area (Å²) >= 11 is 0. The van der Waals surface area contributed by atoms with E-state index >= 15 is 0 Å². The van der Waals surface area contributed by atoms with Crippen molar-refractivity contribution in [3.8, 4) is 0 Å². The Morgan fingerprint density at radius 1 is 1.56 bits per heavy atom. The Hall–Kier alpha value is -1.75. The number of nitrogens with zero attached hydrogens (tertiary/aromatic N) is 1. The largest absolute Gasteiger partial charge is 0.314 e. The van der Waals surface area contributed by atoms with Crippen LogP contribution in [0.15, 0.2) is 24.3 Å². The molecule has 0 aromatic heterocycles. The Morgan fingerprint density at radius 2 is 2.31 bits per heavy atom. The van der Waals surface area contributed by atoms with Crippen LogP contribution in [-0.2, 0) is 0 Å². The fourth-order valence-corrected chi connectivity index (χ4v) is 1.20. The number of hydrogen-bond donors (Lipinski definition) is 1. The number of likely N-dealkylation sites (N-methyl/N-ethyl adjacent to an activating group) is 1. The summed E-state index contributed by atoms with van der Waals surface area (Å²) in [5, 5.41) is 13.6. The highest BCUT2D eigenvalue weighted by Gasteiger charge is 2.12. The molecule has 0 radical (unpaired) electrons. The van der Waals surface area contributed by atoms with Crippen LogP contribution >= 0.6 is 0 Å². The van der Waals surface area contributed by atoms with Gasteiger partial charge in [-0.2, -0.15) is 4.39 Å². The first-order valence-corrected chi connectivity index (χ1v) is 4.96. The molecule has 0 saturated heterocycles. The van der Waals surface area contributed by atoms with E-state index < -0.39 is 16.4 Å². The van der Waals surface area contributed by atoms with E-state index in [0.29, 0.717) is 12.1 Å². The van der Waals surface area contributed by atoms with Crippen molar-refractivity contribution < 1.29 is 9.31 Å². The first-order valence-electron chi connectivity index (χ1n) is 4.96. The van der Waals surface area contributed by atoms with Crippen molar-refractivity contribution >= 4 is 11.8 Å². The zero-order chi connectivity index (χ0) is 12.0. The predicted octanol–water partition coefficient (Wildman–Crippen LogP) is 2.36. The molecule has 0 saturated carbocycles. The van der Waals surface area contributed by atoms with Gasteiger partial charge in [0.05, 0.1) is 4.92 Å². The minimum Gasteiger partial charge on any atom is -0.314 e. The molecule has 4 nitrogen and oxygen atoms in total. The summed E-state index contributed by atoms with van der Waals surface area (Å²) in [5.41, 5.74) is 0.122. The molecular weight excluding hydrogens is 211 g/mol. The highest BCUT2D eigenvalue weighted by Crippen LogP contribution is 2.19. The molecule has 0 aliphatic heterocycles. The summed E-state index contributed by atoms with van der Waals surface area (Å²) in [6, 6.07) is 3.83. The molecular formula is C11H13FN2O2. The minimum absolute atomic E-state index is 0.495. The Kier molecular flexibility index (Phi) is 4.60. The zero-order valence-electron chi connectivity index (χ0n) is 8.94. The average molecular weight is 224 g/mol. The molecule has 86 valence electrons. The van der Waals surface area contributed by atoms with Crippen molar-refractivity contribution in [3.63, 3.8) is 0 Å². The summed E-state index contributed by atoms with van der Waals surface area (Å²) in [4.78, 5) is 9.75. The molecule has 1 aromatic rings. The molecule has 0 fully saturated rings. The van der Waals surface area contributed by atoms with E-state index in [1.165, 1.54) is 12.1 Å². The second-order valence-electron chi connectivity index (χ2n) is 3.18. The number of nitrogens with one attached hydrogen (secondary N) is 1. The van der Waals surface area contributed by atoms with E-state index in [2.05, 4.69) is 5.32 Å². The third-order valence-corrected chi connectivity index (χ3v) is 1.99. The molecule has 0 spiro atoms.